The lowest BCUT2D eigenvalue weighted by molar-refractivity contribution is -0.381. The minimum atomic E-state index is -1.73. The second-order valence-electron chi connectivity index (χ2n) is 10.7. The highest BCUT2D eigenvalue weighted by Crippen LogP contribution is 2.33. The van der Waals surface area contributed by atoms with Gasteiger partial charge in [0.15, 0.2) is 30.4 Å². The second-order valence-corrected chi connectivity index (χ2v) is 10.7. The van der Waals surface area contributed by atoms with Gasteiger partial charge in [0, 0.05) is 0 Å². The van der Waals surface area contributed by atoms with E-state index in [4.69, 9.17) is 37.9 Å². The van der Waals surface area contributed by atoms with Crippen LogP contribution in [0.2, 0.25) is 0 Å². The number of methoxy groups -OCH3 is 2. The van der Waals surface area contributed by atoms with E-state index in [2.05, 4.69) is 0 Å². The van der Waals surface area contributed by atoms with Gasteiger partial charge in [0.2, 0.25) is 0 Å². The van der Waals surface area contributed by atoms with Crippen LogP contribution in [0.15, 0.2) is 18.2 Å². The highest BCUT2D eigenvalue weighted by atomic mass is 16.8. The van der Waals surface area contributed by atoms with Crippen LogP contribution in [0.4, 0.5) is 0 Å². The van der Waals surface area contributed by atoms with E-state index in [0.29, 0.717) is 17.9 Å². The molecule has 0 saturated carbocycles. The van der Waals surface area contributed by atoms with Gasteiger partial charge in [0.05, 0.1) is 40.1 Å². The molecule has 16 nitrogen and oxygen atoms in total. The second kappa shape index (κ2) is 15.0. The molecular formula is C27H42O16. The normalized spacial score (nSPS) is 42.0. The van der Waals surface area contributed by atoms with Crippen molar-refractivity contribution in [2.24, 2.45) is 0 Å². The topological polar surface area (TPSA) is 236 Å². The molecule has 1 aromatic carbocycles. The zero-order valence-electron chi connectivity index (χ0n) is 24.0. The molecule has 0 bridgehead atoms. The van der Waals surface area contributed by atoms with Crippen LogP contribution in [-0.4, -0.2) is 161 Å². The van der Waals surface area contributed by atoms with Gasteiger partial charge in [-0.25, -0.2) is 0 Å². The number of aliphatic hydroxyl groups excluding tert-OH is 8. The van der Waals surface area contributed by atoms with Gasteiger partial charge in [0.25, 0.3) is 0 Å². The molecule has 1 aromatic rings. The van der Waals surface area contributed by atoms with Gasteiger partial charge >= 0.3 is 0 Å². The quantitative estimate of drug-likeness (QED) is 0.119. The molecule has 246 valence electrons. The molecule has 43 heavy (non-hydrogen) atoms. The summed E-state index contributed by atoms with van der Waals surface area (Å²) in [4.78, 5) is 0. The van der Waals surface area contributed by atoms with E-state index in [1.807, 2.05) is 6.07 Å². The largest absolute Gasteiger partial charge is 0.493 e. The first kappa shape index (κ1) is 34.1. The first-order valence-corrected chi connectivity index (χ1v) is 13.9. The van der Waals surface area contributed by atoms with Crippen LogP contribution in [0.1, 0.15) is 12.5 Å². The van der Waals surface area contributed by atoms with Crippen molar-refractivity contribution in [3.8, 4) is 11.5 Å². The smallest absolute Gasteiger partial charge is 0.187 e. The Morgan fingerprint density at radius 3 is 2.12 bits per heavy atom. The first-order valence-electron chi connectivity index (χ1n) is 13.9. The maximum absolute atomic E-state index is 11.1. The molecule has 0 aromatic heterocycles. The van der Waals surface area contributed by atoms with Gasteiger partial charge in [-0.3, -0.25) is 0 Å². The summed E-state index contributed by atoms with van der Waals surface area (Å²) in [5.74, 6) is 1.07. The van der Waals surface area contributed by atoms with E-state index >= 15 is 0 Å². The lowest BCUT2D eigenvalue weighted by Gasteiger charge is -2.47. The maximum atomic E-state index is 11.1. The van der Waals surface area contributed by atoms with Crippen molar-refractivity contribution in [2.45, 2.75) is 99.4 Å². The number of aliphatic hydroxyl groups is 8. The van der Waals surface area contributed by atoms with Gasteiger partial charge in [-0.2, -0.15) is 0 Å². The molecule has 3 aliphatic heterocycles. The predicted octanol–water partition coefficient (Wildman–Crippen LogP) is -3.62. The summed E-state index contributed by atoms with van der Waals surface area (Å²) in [5.41, 5.74) is 0.830. The van der Waals surface area contributed by atoms with Crippen LogP contribution < -0.4 is 9.47 Å². The van der Waals surface area contributed by atoms with Crippen molar-refractivity contribution in [1.82, 2.24) is 0 Å². The van der Waals surface area contributed by atoms with Crippen LogP contribution in [-0.2, 0) is 34.8 Å². The fourth-order valence-electron chi connectivity index (χ4n) is 5.15. The molecule has 3 fully saturated rings. The first-order chi connectivity index (χ1) is 20.5. The molecule has 16 heteroatoms. The Bertz CT molecular complexity index is 1020. The molecule has 14 atom stereocenters. The zero-order chi connectivity index (χ0) is 31.4. The highest BCUT2D eigenvalue weighted by molar-refractivity contribution is 5.42. The van der Waals surface area contributed by atoms with Gasteiger partial charge in [-0.15, -0.1) is 0 Å². The van der Waals surface area contributed by atoms with Crippen molar-refractivity contribution in [1.29, 1.82) is 0 Å². The molecule has 3 heterocycles. The Balaban J connectivity index is 1.46. The molecule has 0 unspecified atom stereocenters. The van der Waals surface area contributed by atoms with Crippen molar-refractivity contribution >= 4 is 0 Å². The average molecular weight is 623 g/mol. The molecule has 4 rings (SSSR count). The Morgan fingerprint density at radius 1 is 0.744 bits per heavy atom. The van der Waals surface area contributed by atoms with Crippen molar-refractivity contribution in [3.05, 3.63) is 23.8 Å². The average Bonchev–Trinajstić information content (AvgIpc) is 3.00. The summed E-state index contributed by atoms with van der Waals surface area (Å²) in [6.45, 7) is 0.445. The van der Waals surface area contributed by atoms with Gasteiger partial charge in [-0.05, 0) is 31.0 Å². The summed E-state index contributed by atoms with van der Waals surface area (Å²) < 4.78 is 44.4. The minimum Gasteiger partial charge on any atom is -0.493 e. The van der Waals surface area contributed by atoms with Crippen LogP contribution in [0.5, 0.6) is 11.5 Å². The number of benzene rings is 1. The SMILES string of the molecule is COc1ccc(CCO[C@@H]2O[C@H](CO)[C@@H](O)[C@H](O[C@@H]3O[C@@H](C)[C@H](O)[C@@H](O)[C@H]3O[C@@H]3OC[C@H](O)[C@H](O)[C@H]3O)[C@H]2O)cc1OC. The molecule has 3 aliphatic rings. The number of hydrogen-bond acceptors (Lipinski definition) is 16. The third-order valence-corrected chi connectivity index (χ3v) is 7.76. The minimum absolute atomic E-state index is 0.0524. The maximum Gasteiger partial charge on any atom is 0.187 e. The van der Waals surface area contributed by atoms with E-state index in [-0.39, 0.29) is 6.61 Å². The lowest BCUT2D eigenvalue weighted by atomic mass is 9.97. The van der Waals surface area contributed by atoms with Crippen molar-refractivity contribution in [3.63, 3.8) is 0 Å². The number of rotatable bonds is 11. The van der Waals surface area contributed by atoms with E-state index < -0.39 is 99.2 Å². The van der Waals surface area contributed by atoms with Crippen LogP contribution in [0.25, 0.3) is 0 Å². The lowest BCUT2D eigenvalue weighted by Crippen LogP contribution is -2.65. The third kappa shape index (κ3) is 7.57. The Kier molecular flexibility index (Phi) is 11.9. The zero-order valence-corrected chi connectivity index (χ0v) is 24.0. The van der Waals surface area contributed by atoms with Gasteiger partial charge in [-0.1, -0.05) is 6.07 Å². The Morgan fingerprint density at radius 2 is 1.44 bits per heavy atom. The van der Waals surface area contributed by atoms with Gasteiger partial charge in [0.1, 0.15) is 61.0 Å². The number of hydrogen-bond donors (Lipinski definition) is 8. The Labute approximate surface area is 247 Å². The van der Waals surface area contributed by atoms with E-state index in [0.717, 1.165) is 5.56 Å². The predicted molar refractivity (Wildman–Crippen MR) is 141 cm³/mol. The van der Waals surface area contributed by atoms with Crippen molar-refractivity contribution < 1.29 is 78.7 Å². The van der Waals surface area contributed by atoms with E-state index in [1.54, 1.807) is 12.1 Å². The monoisotopic (exact) mass is 622 g/mol. The van der Waals surface area contributed by atoms with Crippen LogP contribution in [0, 0.1) is 0 Å². The standard InChI is InChI=1S/C27H42O16/c1-11-17(30)20(33)24(43-25-21(34)18(31)13(29)10-39-25)27(40-11)42-23-19(32)16(9-28)41-26(22(23)35)38-7-6-12-4-5-14(36-2)15(8-12)37-3/h4-5,8,11,13,16-35H,6-7,9-10H2,1-3H3/t11-,13-,16+,17-,18-,19+,20+,21+,22+,23-,24+,25-,26+,27-/m0/s1. The molecular weight excluding hydrogens is 580 g/mol. The van der Waals surface area contributed by atoms with Gasteiger partial charge < -0.3 is 78.7 Å². The van der Waals surface area contributed by atoms with E-state index in [1.165, 1.54) is 21.1 Å². The summed E-state index contributed by atoms with van der Waals surface area (Å²) in [7, 11) is 3.03. The molecule has 0 amide bonds. The number of ether oxygens (including phenoxy) is 8. The molecule has 0 radical (unpaired) electrons. The summed E-state index contributed by atoms with van der Waals surface area (Å²) in [6, 6.07) is 5.31. The molecule has 0 aliphatic carbocycles. The third-order valence-electron chi connectivity index (χ3n) is 7.76. The highest BCUT2D eigenvalue weighted by Gasteiger charge is 2.52. The van der Waals surface area contributed by atoms with Crippen LogP contribution >= 0.6 is 0 Å². The summed E-state index contributed by atoms with van der Waals surface area (Å²) >= 11 is 0. The molecule has 8 N–H and O–H groups in total. The summed E-state index contributed by atoms with van der Waals surface area (Å²) in [6.07, 6.45) is -20.5. The molecule has 3 saturated heterocycles. The summed E-state index contributed by atoms with van der Waals surface area (Å²) in [5, 5.41) is 83.1. The van der Waals surface area contributed by atoms with E-state index in [9.17, 15) is 40.9 Å². The van der Waals surface area contributed by atoms with Crippen LogP contribution in [0.3, 0.4) is 0 Å². The molecule has 0 spiro atoms. The fourth-order valence-corrected chi connectivity index (χ4v) is 5.15. The Hall–Kier alpha value is -1.74. The van der Waals surface area contributed by atoms with Crippen molar-refractivity contribution in [2.75, 3.05) is 34.0 Å². The fraction of sp³-hybridized carbons (Fsp3) is 0.778.